The number of aliphatic hydroxyl groups excluding tert-OH is 2. The molecule has 0 unspecified atom stereocenters. The normalized spacial score (nSPS) is 11.4. The van der Waals surface area contributed by atoms with Gasteiger partial charge >= 0.3 is 0 Å². The minimum absolute atomic E-state index is 0.0375. The number of thiol groups is 1. The van der Waals surface area contributed by atoms with Crippen molar-refractivity contribution in [3.63, 3.8) is 0 Å². The fourth-order valence-electron chi connectivity index (χ4n) is 3.11. The number of hydrogen-bond acceptors (Lipinski definition) is 6. The maximum atomic E-state index is 9.17. The minimum atomic E-state index is 0.0375. The number of azo groups is 1. The summed E-state index contributed by atoms with van der Waals surface area (Å²) in [6, 6.07) is 17.7. The van der Waals surface area contributed by atoms with Crippen LogP contribution in [0.2, 0.25) is 0 Å². The van der Waals surface area contributed by atoms with Crippen molar-refractivity contribution in [1.29, 1.82) is 0 Å². The molecule has 0 aliphatic carbocycles. The summed E-state index contributed by atoms with van der Waals surface area (Å²) in [4.78, 5) is 1.92. The van der Waals surface area contributed by atoms with Crippen molar-refractivity contribution in [2.45, 2.75) is 6.54 Å². The summed E-state index contributed by atoms with van der Waals surface area (Å²) in [5.41, 5.74) is 3.59. The molecule has 28 heavy (non-hydrogen) atoms. The highest BCUT2D eigenvalue weighted by Crippen LogP contribution is 2.26. The van der Waals surface area contributed by atoms with E-state index in [4.69, 9.17) is 10.2 Å². The van der Waals surface area contributed by atoms with E-state index in [1.54, 1.807) is 0 Å². The summed E-state index contributed by atoms with van der Waals surface area (Å²) in [6.07, 6.45) is 2.01. The first kappa shape index (κ1) is 20.3. The van der Waals surface area contributed by atoms with Crippen LogP contribution >= 0.6 is 12.6 Å². The summed E-state index contributed by atoms with van der Waals surface area (Å²) in [5.74, 6) is 0.769. The van der Waals surface area contributed by atoms with E-state index < -0.39 is 0 Å². The third kappa shape index (κ3) is 4.86. The van der Waals surface area contributed by atoms with Gasteiger partial charge in [-0.15, -0.1) is 5.11 Å². The first-order valence-corrected chi connectivity index (χ1v) is 9.90. The van der Waals surface area contributed by atoms with Gasteiger partial charge in [-0.3, -0.25) is 0 Å². The highest BCUT2D eigenvalue weighted by atomic mass is 32.1. The minimum Gasteiger partial charge on any atom is -0.395 e. The van der Waals surface area contributed by atoms with E-state index in [0.29, 0.717) is 13.1 Å². The summed E-state index contributed by atoms with van der Waals surface area (Å²) in [6.45, 7) is 1.86. The number of anilines is 1. The maximum absolute atomic E-state index is 9.17. The number of benzene rings is 2. The molecule has 0 aliphatic rings. The Morgan fingerprint density at radius 2 is 1.61 bits per heavy atom. The first-order valence-electron chi connectivity index (χ1n) is 9.27. The third-order valence-electron chi connectivity index (χ3n) is 4.47. The van der Waals surface area contributed by atoms with Gasteiger partial charge in [0.25, 0.3) is 0 Å². The maximum Gasteiger partial charge on any atom is 0.214 e. The molecule has 0 radical (unpaired) electrons. The van der Waals surface area contributed by atoms with Crippen molar-refractivity contribution < 1.29 is 14.8 Å². The number of pyridine rings is 1. The molecule has 0 spiro atoms. The molecule has 1 heterocycles. The number of nitrogens with zero attached hydrogens (tertiary/aromatic N) is 4. The molecule has 7 heteroatoms. The highest BCUT2D eigenvalue weighted by molar-refractivity contribution is 7.80. The fourth-order valence-corrected chi connectivity index (χ4v) is 3.33. The molecule has 0 saturated heterocycles. The molecule has 0 aliphatic heterocycles. The second kappa shape index (κ2) is 10.2. The predicted octanol–water partition coefficient (Wildman–Crippen LogP) is 3.26. The lowest BCUT2D eigenvalue weighted by Crippen LogP contribution is -2.34. The second-order valence-electron chi connectivity index (χ2n) is 6.29. The Bertz CT molecular complexity index is 925. The number of hydrogen-bond donors (Lipinski definition) is 3. The van der Waals surface area contributed by atoms with Crippen LogP contribution in [-0.4, -0.2) is 42.3 Å². The first-order chi connectivity index (χ1) is 13.8. The molecule has 3 rings (SSSR count). The van der Waals surface area contributed by atoms with Crippen molar-refractivity contribution >= 4 is 40.6 Å². The van der Waals surface area contributed by atoms with Crippen LogP contribution in [0.1, 0.15) is 0 Å². The molecule has 0 saturated carbocycles. The molecule has 2 aromatic carbocycles. The Labute approximate surface area is 170 Å². The van der Waals surface area contributed by atoms with E-state index in [-0.39, 0.29) is 13.2 Å². The lowest BCUT2D eigenvalue weighted by molar-refractivity contribution is -0.666. The lowest BCUT2D eigenvalue weighted by Gasteiger charge is -2.22. The lowest BCUT2D eigenvalue weighted by atomic mass is 10.2. The predicted molar refractivity (Wildman–Crippen MR) is 115 cm³/mol. The zero-order valence-corrected chi connectivity index (χ0v) is 16.5. The standard InChI is InChI=1S/C21H24N4O2S/c26-14-11-24(12-15-27)18-7-5-17(6-8-18)22-23-20-9-10-25(13-16-28)21-4-2-1-3-19(20)21/h1-10,26-27H,11-16H2/p+1. The Morgan fingerprint density at radius 3 is 2.29 bits per heavy atom. The Morgan fingerprint density at radius 1 is 0.893 bits per heavy atom. The topological polar surface area (TPSA) is 72.3 Å². The van der Waals surface area contributed by atoms with Gasteiger partial charge in [-0.05, 0) is 30.3 Å². The molecule has 0 fully saturated rings. The van der Waals surface area contributed by atoms with Gasteiger partial charge in [0.05, 0.1) is 24.3 Å². The van der Waals surface area contributed by atoms with Crippen LogP contribution in [0.3, 0.4) is 0 Å². The number of para-hydroxylation sites is 1. The number of aromatic nitrogens is 1. The summed E-state index contributed by atoms with van der Waals surface area (Å²) in [7, 11) is 0. The summed E-state index contributed by atoms with van der Waals surface area (Å²) in [5, 5.41) is 28.2. The molecule has 3 aromatic rings. The number of aryl methyl sites for hydroxylation is 1. The van der Waals surface area contributed by atoms with Crippen molar-refractivity contribution in [2.24, 2.45) is 10.2 Å². The van der Waals surface area contributed by atoms with Crippen LogP contribution < -0.4 is 9.47 Å². The average molecular weight is 398 g/mol. The van der Waals surface area contributed by atoms with Crippen molar-refractivity contribution in [3.05, 3.63) is 60.8 Å². The number of rotatable bonds is 9. The second-order valence-corrected chi connectivity index (χ2v) is 6.73. The average Bonchev–Trinajstić information content (AvgIpc) is 2.74. The molecule has 1 aromatic heterocycles. The Kier molecular flexibility index (Phi) is 7.36. The van der Waals surface area contributed by atoms with Crippen LogP contribution in [0, 0.1) is 0 Å². The molecule has 2 N–H and O–H groups in total. The zero-order chi connectivity index (χ0) is 19.8. The summed E-state index contributed by atoms with van der Waals surface area (Å²) < 4.78 is 2.16. The van der Waals surface area contributed by atoms with Gasteiger partial charge in [0.2, 0.25) is 5.52 Å². The monoisotopic (exact) mass is 397 g/mol. The van der Waals surface area contributed by atoms with Crippen LogP contribution in [0.4, 0.5) is 17.1 Å². The molecule has 146 valence electrons. The third-order valence-corrected chi connectivity index (χ3v) is 4.67. The quantitative estimate of drug-likeness (QED) is 0.295. The van der Waals surface area contributed by atoms with Gasteiger partial charge < -0.3 is 15.1 Å². The van der Waals surface area contributed by atoms with Gasteiger partial charge in [-0.1, -0.05) is 12.1 Å². The van der Waals surface area contributed by atoms with E-state index in [1.807, 2.05) is 59.6 Å². The van der Waals surface area contributed by atoms with E-state index in [1.165, 1.54) is 0 Å². The summed E-state index contributed by atoms with van der Waals surface area (Å²) >= 11 is 4.33. The van der Waals surface area contributed by atoms with Gasteiger partial charge in [-0.25, -0.2) is 0 Å². The van der Waals surface area contributed by atoms with Crippen LogP contribution in [0.25, 0.3) is 10.9 Å². The molecular weight excluding hydrogens is 372 g/mol. The molecule has 0 bridgehead atoms. The number of aliphatic hydroxyl groups is 2. The molecule has 0 amide bonds. The highest BCUT2D eigenvalue weighted by Gasteiger charge is 2.11. The van der Waals surface area contributed by atoms with Gasteiger partial charge in [0, 0.05) is 36.7 Å². The largest absolute Gasteiger partial charge is 0.395 e. The number of fused-ring (bicyclic) bond motifs is 1. The molecule has 6 nitrogen and oxygen atoms in total. The van der Waals surface area contributed by atoms with E-state index in [2.05, 4.69) is 33.5 Å². The van der Waals surface area contributed by atoms with Crippen LogP contribution in [0.5, 0.6) is 0 Å². The van der Waals surface area contributed by atoms with E-state index >= 15 is 0 Å². The molecular formula is C21H25N4O2S+. The van der Waals surface area contributed by atoms with Gasteiger partial charge in [-0.2, -0.15) is 22.3 Å². The van der Waals surface area contributed by atoms with Gasteiger partial charge in [0.1, 0.15) is 5.69 Å². The Balaban J connectivity index is 1.83. The van der Waals surface area contributed by atoms with Crippen molar-refractivity contribution in [1.82, 2.24) is 0 Å². The SMILES string of the molecule is OCCN(CCO)c1ccc(/N=N/c2cc[n+](CCS)c3ccccc23)cc1. The van der Waals surface area contributed by atoms with Crippen molar-refractivity contribution in [2.75, 3.05) is 37.0 Å². The van der Waals surface area contributed by atoms with Crippen LogP contribution in [0.15, 0.2) is 71.0 Å². The van der Waals surface area contributed by atoms with E-state index in [9.17, 15) is 0 Å². The zero-order valence-electron chi connectivity index (χ0n) is 15.6. The molecule has 0 atom stereocenters. The Hall–Kier alpha value is -2.48. The smallest absolute Gasteiger partial charge is 0.214 e. The van der Waals surface area contributed by atoms with Gasteiger partial charge in [0.15, 0.2) is 12.7 Å². The van der Waals surface area contributed by atoms with E-state index in [0.717, 1.165) is 40.3 Å². The van der Waals surface area contributed by atoms with Crippen LogP contribution in [-0.2, 0) is 6.54 Å². The van der Waals surface area contributed by atoms with Crippen molar-refractivity contribution in [3.8, 4) is 0 Å². The fraction of sp³-hybridized carbons (Fsp3) is 0.286.